The lowest BCUT2D eigenvalue weighted by molar-refractivity contribution is -0.140. The van der Waals surface area contributed by atoms with Gasteiger partial charge in [0.2, 0.25) is 5.91 Å². The molecule has 76 heavy (non-hydrogen) atoms. The monoisotopic (exact) mass is 1170 g/mol. The highest BCUT2D eigenvalue weighted by molar-refractivity contribution is 9.09. The number of alkyl halides is 3. The van der Waals surface area contributed by atoms with Crippen molar-refractivity contribution in [3.05, 3.63) is 64.9 Å². The Balaban J connectivity index is 0.000000353. The molecular weight excluding hydrogens is 1110 g/mol. The van der Waals surface area contributed by atoms with Crippen LogP contribution in [-0.2, 0) is 66.5 Å². The van der Waals surface area contributed by atoms with Gasteiger partial charge in [-0.1, -0.05) is 51.8 Å². The van der Waals surface area contributed by atoms with E-state index in [1.165, 1.54) is 73.5 Å². The quantitative estimate of drug-likeness (QED) is 0.0790. The van der Waals surface area contributed by atoms with Crippen LogP contribution >= 0.6 is 27.5 Å². The molecule has 2 N–H and O–H groups in total. The number of β-amino-alcohol motifs (C(OH)–C–C–N with tert-alkyl or cyclic N) is 1. The van der Waals surface area contributed by atoms with Crippen LogP contribution in [0, 0.1) is 5.82 Å². The average Bonchev–Trinajstić information content (AvgIpc) is 4.12. The predicted octanol–water partition coefficient (Wildman–Crippen LogP) is 4.68. The summed E-state index contributed by atoms with van der Waals surface area (Å²) in [4.78, 5) is 88.4. The van der Waals surface area contributed by atoms with Gasteiger partial charge in [-0.05, 0) is 24.3 Å². The molecule has 4 fully saturated rings. The van der Waals surface area contributed by atoms with Crippen molar-refractivity contribution < 1.29 is 99.2 Å². The zero-order valence-corrected chi connectivity index (χ0v) is 45.2. The zero-order chi connectivity index (χ0) is 56.4. The summed E-state index contributed by atoms with van der Waals surface area (Å²) in [5, 5.41) is 12.8. The Morgan fingerprint density at radius 3 is 1.78 bits per heavy atom. The molecule has 3 aliphatic heterocycles. The summed E-state index contributed by atoms with van der Waals surface area (Å²) in [5.74, 6) is -5.11. The second-order valence-electron chi connectivity index (χ2n) is 16.9. The van der Waals surface area contributed by atoms with Crippen LogP contribution in [0.4, 0.5) is 33.2 Å². The first-order valence-corrected chi connectivity index (χ1v) is 25.0. The Morgan fingerprint density at radius 1 is 0.750 bits per heavy atom. The number of aliphatic hydroxyl groups is 1. The number of halogens is 5. The number of ether oxygens (including phenoxy) is 10. The third kappa shape index (κ3) is 19.8. The highest BCUT2D eigenvalue weighted by Crippen LogP contribution is 2.40. The normalized spacial score (nSPS) is 21.6. The number of carbonyl (C=O) groups is 7. The number of likely N-dealkylation sites (tertiary alicyclic amines) is 3. The highest BCUT2D eigenvalue weighted by Gasteiger charge is 2.49. The van der Waals surface area contributed by atoms with Gasteiger partial charge in [0.25, 0.3) is 24.8 Å². The first-order valence-electron chi connectivity index (χ1n) is 23.5. The molecule has 23 nitrogen and oxygen atoms in total. The molecule has 1 saturated carbocycles. The maximum Gasteiger partial charge on any atom is 0.412 e. The molecule has 0 spiro atoms. The number of hydrogen-bond donors (Lipinski definition) is 2. The maximum absolute atomic E-state index is 14.5. The number of aliphatic hydroxyl groups excluding tert-OH is 1. The number of nitrogens with one attached hydrogen (secondary N) is 1. The Hall–Kier alpha value is -5.55. The third-order valence-electron chi connectivity index (χ3n) is 11.7. The lowest BCUT2D eigenvalue weighted by atomic mass is 9.87. The second-order valence-corrected chi connectivity index (χ2v) is 18.1. The van der Waals surface area contributed by atoms with Crippen LogP contribution in [0.3, 0.4) is 0 Å². The molecular formula is C48H66BrClF3N5O18. The number of methoxy groups -OCH3 is 6. The SMILES string of the molecule is COC(=O)N1C[C@H](O)C[C@H]1OC=O.COCCBr.COCCO[C@@H]1C[C@@H](C(=O)N(c2cccc(F)c2)[C@H](C(=O)NC2CC(F)(F)C2)c2ccccc2Cl)N(C(=O)OC)C1.COCCO[C@@H]1C[C@@H](OC=O)N(C(=O)OC)C1. The van der Waals surface area contributed by atoms with Gasteiger partial charge in [-0.2, -0.15) is 0 Å². The lowest BCUT2D eigenvalue weighted by Gasteiger charge is -2.39. The summed E-state index contributed by atoms with van der Waals surface area (Å²) >= 11 is 9.67. The van der Waals surface area contributed by atoms with E-state index in [9.17, 15) is 51.8 Å². The molecule has 0 unspecified atom stereocenters. The molecule has 6 rings (SSSR count). The molecule has 1 aliphatic carbocycles. The van der Waals surface area contributed by atoms with Gasteiger partial charge >= 0.3 is 18.3 Å². The fourth-order valence-electron chi connectivity index (χ4n) is 8.14. The van der Waals surface area contributed by atoms with E-state index in [4.69, 9.17) is 40.0 Å². The first kappa shape index (κ1) is 64.7. The van der Waals surface area contributed by atoms with E-state index in [2.05, 4.69) is 40.2 Å². The van der Waals surface area contributed by atoms with Crippen molar-refractivity contribution >= 4 is 76.3 Å². The molecule has 2 aromatic carbocycles. The number of amides is 5. The minimum absolute atomic E-state index is 0.00239. The Kier molecular flexibility index (Phi) is 28.6. The molecule has 2 aromatic rings. The molecule has 4 aliphatic rings. The van der Waals surface area contributed by atoms with Gasteiger partial charge in [0.05, 0.1) is 92.3 Å². The van der Waals surface area contributed by atoms with Crippen LogP contribution < -0.4 is 10.2 Å². The average molecular weight is 1170 g/mol. The van der Waals surface area contributed by atoms with Crippen LogP contribution in [0.2, 0.25) is 5.02 Å². The smallest absolute Gasteiger partial charge is 0.412 e. The Morgan fingerprint density at radius 2 is 1.28 bits per heavy atom. The van der Waals surface area contributed by atoms with E-state index in [-0.39, 0.29) is 68.0 Å². The van der Waals surface area contributed by atoms with Crippen molar-refractivity contribution in [1.82, 2.24) is 20.0 Å². The van der Waals surface area contributed by atoms with Crippen LogP contribution in [0.25, 0.3) is 0 Å². The summed E-state index contributed by atoms with van der Waals surface area (Å²) in [6.07, 6.45) is -5.04. The molecule has 0 aromatic heterocycles. The molecule has 426 valence electrons. The highest BCUT2D eigenvalue weighted by atomic mass is 79.9. The van der Waals surface area contributed by atoms with Gasteiger partial charge in [0.15, 0.2) is 12.5 Å². The van der Waals surface area contributed by atoms with Gasteiger partial charge < -0.3 is 57.8 Å². The second kappa shape index (κ2) is 33.6. The Bertz CT molecular complexity index is 2150. The molecule has 5 amide bonds. The van der Waals surface area contributed by atoms with Crippen molar-refractivity contribution in [1.29, 1.82) is 0 Å². The molecule has 3 saturated heterocycles. The summed E-state index contributed by atoms with van der Waals surface area (Å²) in [6, 6.07) is 7.81. The van der Waals surface area contributed by atoms with Crippen molar-refractivity contribution in [2.24, 2.45) is 0 Å². The van der Waals surface area contributed by atoms with Crippen LogP contribution in [-0.4, -0.2) is 212 Å². The molecule has 28 heteroatoms. The predicted molar refractivity (Wildman–Crippen MR) is 266 cm³/mol. The van der Waals surface area contributed by atoms with Crippen LogP contribution in [0.15, 0.2) is 48.5 Å². The Labute approximate surface area is 451 Å². The number of carbonyl (C=O) groups excluding carboxylic acids is 7. The number of rotatable bonds is 20. The molecule has 3 heterocycles. The maximum atomic E-state index is 14.5. The third-order valence-corrected chi connectivity index (χ3v) is 12.3. The number of benzene rings is 2. The van der Waals surface area contributed by atoms with Crippen molar-refractivity contribution in [3.8, 4) is 0 Å². The summed E-state index contributed by atoms with van der Waals surface area (Å²) in [7, 11) is 8.44. The molecule has 0 radical (unpaired) electrons. The van der Waals surface area contributed by atoms with E-state index in [1.807, 2.05) is 0 Å². The van der Waals surface area contributed by atoms with E-state index in [0.29, 0.717) is 32.7 Å². The molecule has 0 bridgehead atoms. The van der Waals surface area contributed by atoms with E-state index >= 15 is 0 Å². The number of hydrogen-bond acceptors (Lipinski definition) is 18. The first-order chi connectivity index (χ1) is 36.4. The van der Waals surface area contributed by atoms with Crippen molar-refractivity contribution in [3.63, 3.8) is 0 Å². The standard InChI is InChI=1S/C28H31ClF3N3O6.C10H17NO6.C7H11NO5.C3H7BrO/c1-39-10-11-41-20-13-23(34(16-20)27(38)40-2)26(37)35(19-7-5-6-17(30)12-19)24(21-8-3-4-9-22(21)29)25(36)33-18-14-28(31,32)15-18;1-14-3-4-16-8-5-9(17-7-12)11(6-8)10(13)15-2;1-12-7(11)8-3-5(10)2-6(8)13-4-9;1-5-3-2-4/h3-9,12,18,20,23-24H,10-11,13-16H2,1-2H3,(H,33,36);7-9H,3-6H2,1-2H3;4-6,10H,2-3H2,1H3;2-3H2,1H3/t20-,23+,24+;8-,9-;5-,6-;/m111./s1. The lowest BCUT2D eigenvalue weighted by Crippen LogP contribution is -2.56. The van der Waals surface area contributed by atoms with Gasteiger partial charge in [0.1, 0.15) is 17.9 Å². The summed E-state index contributed by atoms with van der Waals surface area (Å²) < 4.78 is 90.8. The fraction of sp³-hybridized carbons (Fsp3) is 0.604. The van der Waals surface area contributed by atoms with E-state index in [0.717, 1.165) is 22.9 Å². The number of nitrogens with zero attached hydrogens (tertiary/aromatic N) is 4. The van der Waals surface area contributed by atoms with Gasteiger partial charge in [-0.15, -0.1) is 0 Å². The number of anilines is 1. The fourth-order valence-corrected chi connectivity index (χ4v) is 8.70. The summed E-state index contributed by atoms with van der Waals surface area (Å²) in [5.41, 5.74) is 0.188. The van der Waals surface area contributed by atoms with E-state index < -0.39 is 97.5 Å². The van der Waals surface area contributed by atoms with Gasteiger partial charge in [0, 0.05) is 81.1 Å². The van der Waals surface area contributed by atoms with Crippen molar-refractivity contribution in [2.45, 2.75) is 86.9 Å². The minimum atomic E-state index is -2.90. The van der Waals surface area contributed by atoms with Crippen LogP contribution in [0.1, 0.15) is 43.7 Å². The van der Waals surface area contributed by atoms with E-state index in [1.54, 1.807) is 26.4 Å². The molecule has 7 atom stereocenters. The van der Waals surface area contributed by atoms with Gasteiger partial charge in [-0.25, -0.2) is 27.6 Å². The zero-order valence-electron chi connectivity index (χ0n) is 42.9. The van der Waals surface area contributed by atoms with Crippen LogP contribution in [0.5, 0.6) is 0 Å². The minimum Gasteiger partial charge on any atom is -0.453 e. The van der Waals surface area contributed by atoms with Crippen molar-refractivity contribution in [2.75, 3.05) is 106 Å². The van der Waals surface area contributed by atoms with Gasteiger partial charge in [-0.3, -0.25) is 38.8 Å². The summed E-state index contributed by atoms with van der Waals surface area (Å²) in [6.45, 7) is 3.28. The topological polar surface area (TPSA) is 257 Å². The largest absolute Gasteiger partial charge is 0.453 e.